The summed E-state index contributed by atoms with van der Waals surface area (Å²) in [5.41, 5.74) is 2.09. The van der Waals surface area contributed by atoms with E-state index in [4.69, 9.17) is 9.52 Å². The number of hydrogen-bond donors (Lipinski definition) is 1. The first-order chi connectivity index (χ1) is 11.4. The first-order valence-corrected chi connectivity index (χ1v) is 8.65. The summed E-state index contributed by atoms with van der Waals surface area (Å²) in [6.45, 7) is 14.4. The molecule has 0 aromatic carbocycles. The molecule has 7 heteroatoms. The van der Waals surface area contributed by atoms with Gasteiger partial charge in [0.05, 0.1) is 5.69 Å². The fraction of sp³-hybridized carbons (Fsp3) is 0.706. The molecule has 1 aliphatic heterocycles. The van der Waals surface area contributed by atoms with Crippen LogP contribution >= 0.6 is 0 Å². The third-order valence-corrected chi connectivity index (χ3v) is 4.46. The number of hydrogen-bond acceptors (Lipinski definition) is 4. The molecule has 0 saturated carbocycles. The Bertz CT molecular complexity index is 568. The van der Waals surface area contributed by atoms with Gasteiger partial charge in [-0.3, -0.25) is 9.79 Å². The van der Waals surface area contributed by atoms with E-state index < -0.39 is 0 Å². The molecule has 134 valence electrons. The number of nitrogens with one attached hydrogen (secondary N) is 1. The van der Waals surface area contributed by atoms with Gasteiger partial charge in [-0.1, -0.05) is 12.1 Å². The van der Waals surface area contributed by atoms with Gasteiger partial charge in [-0.25, -0.2) is 0 Å². The molecule has 1 atom stereocenters. The second-order valence-corrected chi connectivity index (χ2v) is 6.33. The van der Waals surface area contributed by atoms with Crippen LogP contribution in [0.1, 0.15) is 43.7 Å². The molecular weight excluding hydrogens is 306 g/mol. The normalized spacial score (nSPS) is 17.1. The van der Waals surface area contributed by atoms with E-state index in [1.807, 2.05) is 18.7 Å². The van der Waals surface area contributed by atoms with Crippen molar-refractivity contribution in [1.82, 2.24) is 20.3 Å². The van der Waals surface area contributed by atoms with E-state index in [1.165, 1.54) is 0 Å². The number of piperazine rings is 1. The first-order valence-electron chi connectivity index (χ1n) is 8.65. The Hall–Kier alpha value is -2.05. The molecule has 1 saturated heterocycles. The van der Waals surface area contributed by atoms with Crippen LogP contribution in [0.3, 0.4) is 0 Å². The van der Waals surface area contributed by atoms with Crippen LogP contribution in [0, 0.1) is 13.8 Å². The van der Waals surface area contributed by atoms with E-state index in [9.17, 15) is 4.79 Å². The molecule has 2 heterocycles. The lowest BCUT2D eigenvalue weighted by atomic mass is 10.00. The molecule has 1 amide bonds. The Morgan fingerprint density at radius 1 is 1.29 bits per heavy atom. The van der Waals surface area contributed by atoms with E-state index >= 15 is 0 Å². The van der Waals surface area contributed by atoms with Crippen molar-refractivity contribution in [3.8, 4) is 0 Å². The van der Waals surface area contributed by atoms with Crippen LogP contribution in [0.25, 0.3) is 0 Å². The van der Waals surface area contributed by atoms with Gasteiger partial charge >= 0.3 is 0 Å². The Morgan fingerprint density at radius 2 is 1.92 bits per heavy atom. The van der Waals surface area contributed by atoms with Crippen LogP contribution in [0.15, 0.2) is 9.52 Å². The molecule has 0 bridgehead atoms. The fourth-order valence-corrected chi connectivity index (χ4v) is 3.17. The standard InChI is InChI=1S/C17H29N5O2/c1-6-18-17(22-9-7-21(8-10-22)15(5)23)19-11-12(2)16-13(3)20-24-14(16)4/h12H,6-11H2,1-5H3,(H,18,19). The van der Waals surface area contributed by atoms with Gasteiger partial charge in [0.1, 0.15) is 5.76 Å². The van der Waals surface area contributed by atoms with Crippen LogP contribution in [0.5, 0.6) is 0 Å². The lowest BCUT2D eigenvalue weighted by Gasteiger charge is -2.36. The smallest absolute Gasteiger partial charge is 0.219 e. The minimum Gasteiger partial charge on any atom is -0.361 e. The van der Waals surface area contributed by atoms with Crippen molar-refractivity contribution >= 4 is 11.9 Å². The zero-order chi connectivity index (χ0) is 17.7. The van der Waals surface area contributed by atoms with Gasteiger partial charge in [-0.05, 0) is 20.8 Å². The Labute approximate surface area is 144 Å². The van der Waals surface area contributed by atoms with E-state index in [-0.39, 0.29) is 11.8 Å². The summed E-state index contributed by atoms with van der Waals surface area (Å²) in [5.74, 6) is 2.18. The van der Waals surface area contributed by atoms with Gasteiger partial charge in [0.15, 0.2) is 5.96 Å². The number of amides is 1. The Kier molecular flexibility index (Phi) is 6.23. The van der Waals surface area contributed by atoms with Crippen molar-refractivity contribution in [3.63, 3.8) is 0 Å². The highest BCUT2D eigenvalue weighted by molar-refractivity contribution is 5.80. The first kappa shape index (κ1) is 18.3. The number of guanidine groups is 1. The quantitative estimate of drug-likeness (QED) is 0.667. The third kappa shape index (κ3) is 4.27. The molecule has 7 nitrogen and oxygen atoms in total. The van der Waals surface area contributed by atoms with Gasteiger partial charge in [0.25, 0.3) is 0 Å². The molecule has 1 aliphatic rings. The highest BCUT2D eigenvalue weighted by Crippen LogP contribution is 2.23. The molecule has 1 aromatic heterocycles. The van der Waals surface area contributed by atoms with E-state index in [0.717, 1.165) is 55.7 Å². The predicted molar refractivity (Wildman–Crippen MR) is 94.2 cm³/mol. The summed E-state index contributed by atoms with van der Waals surface area (Å²) >= 11 is 0. The van der Waals surface area contributed by atoms with Gasteiger partial charge in [0.2, 0.25) is 5.91 Å². The van der Waals surface area contributed by atoms with Crippen LogP contribution < -0.4 is 5.32 Å². The van der Waals surface area contributed by atoms with Crippen molar-refractivity contribution in [2.45, 2.75) is 40.5 Å². The van der Waals surface area contributed by atoms with Crippen LogP contribution in [-0.4, -0.2) is 66.1 Å². The SMILES string of the molecule is CCNC(=NCC(C)c1c(C)noc1C)N1CCN(C(C)=O)CC1. The van der Waals surface area contributed by atoms with Crippen LogP contribution in [0.4, 0.5) is 0 Å². The summed E-state index contributed by atoms with van der Waals surface area (Å²) in [6, 6.07) is 0. The zero-order valence-corrected chi connectivity index (χ0v) is 15.4. The van der Waals surface area contributed by atoms with Crippen LogP contribution in [0.2, 0.25) is 0 Å². The van der Waals surface area contributed by atoms with Crippen molar-refractivity contribution < 1.29 is 9.32 Å². The van der Waals surface area contributed by atoms with Gasteiger partial charge in [-0.2, -0.15) is 0 Å². The summed E-state index contributed by atoms with van der Waals surface area (Å²) in [6.07, 6.45) is 0. The van der Waals surface area contributed by atoms with Gasteiger partial charge in [0, 0.05) is 57.7 Å². The number of carbonyl (C=O) groups is 1. The maximum Gasteiger partial charge on any atom is 0.219 e. The molecule has 1 unspecified atom stereocenters. The largest absolute Gasteiger partial charge is 0.361 e. The monoisotopic (exact) mass is 335 g/mol. The lowest BCUT2D eigenvalue weighted by Crippen LogP contribution is -2.53. The third-order valence-electron chi connectivity index (χ3n) is 4.46. The van der Waals surface area contributed by atoms with Crippen molar-refractivity contribution in [3.05, 3.63) is 17.0 Å². The maximum atomic E-state index is 11.5. The average Bonchev–Trinajstić information content (AvgIpc) is 2.90. The molecule has 24 heavy (non-hydrogen) atoms. The molecule has 1 fully saturated rings. The number of carbonyl (C=O) groups excluding carboxylic acids is 1. The van der Waals surface area contributed by atoms with Gasteiger partial charge in [-0.15, -0.1) is 0 Å². The average molecular weight is 335 g/mol. The summed E-state index contributed by atoms with van der Waals surface area (Å²) < 4.78 is 5.26. The summed E-state index contributed by atoms with van der Waals surface area (Å²) in [7, 11) is 0. The maximum absolute atomic E-state index is 11.5. The van der Waals surface area contributed by atoms with Crippen molar-refractivity contribution in [2.75, 3.05) is 39.3 Å². The number of nitrogens with zero attached hydrogens (tertiary/aromatic N) is 4. The minimum atomic E-state index is 0.142. The number of aliphatic imine (C=N–C) groups is 1. The van der Waals surface area contributed by atoms with Crippen LogP contribution in [-0.2, 0) is 4.79 Å². The highest BCUT2D eigenvalue weighted by Gasteiger charge is 2.22. The topological polar surface area (TPSA) is 74.0 Å². The fourth-order valence-electron chi connectivity index (χ4n) is 3.17. The molecule has 1 aromatic rings. The molecule has 1 N–H and O–H groups in total. The molecule has 0 radical (unpaired) electrons. The van der Waals surface area contributed by atoms with Crippen molar-refractivity contribution in [1.29, 1.82) is 0 Å². The molecule has 0 spiro atoms. The highest BCUT2D eigenvalue weighted by atomic mass is 16.5. The second kappa shape index (κ2) is 8.17. The van der Waals surface area contributed by atoms with E-state index in [0.29, 0.717) is 6.54 Å². The van der Waals surface area contributed by atoms with E-state index in [1.54, 1.807) is 6.92 Å². The summed E-state index contributed by atoms with van der Waals surface area (Å²) in [5, 5.41) is 7.39. The zero-order valence-electron chi connectivity index (χ0n) is 15.4. The Morgan fingerprint density at radius 3 is 2.42 bits per heavy atom. The Balaban J connectivity index is 2.02. The van der Waals surface area contributed by atoms with E-state index in [2.05, 4.69) is 29.2 Å². The number of rotatable bonds is 4. The minimum absolute atomic E-state index is 0.142. The molecule has 0 aliphatic carbocycles. The number of aromatic nitrogens is 1. The predicted octanol–water partition coefficient (Wildman–Crippen LogP) is 1.52. The lowest BCUT2D eigenvalue weighted by molar-refractivity contribution is -0.130. The van der Waals surface area contributed by atoms with Gasteiger partial charge < -0.3 is 19.6 Å². The summed E-state index contributed by atoms with van der Waals surface area (Å²) in [4.78, 5) is 20.4. The molecular formula is C17H29N5O2. The molecule has 2 rings (SSSR count). The van der Waals surface area contributed by atoms with Crippen molar-refractivity contribution in [2.24, 2.45) is 4.99 Å². The number of aryl methyl sites for hydroxylation is 2. The second-order valence-electron chi connectivity index (χ2n) is 6.33.